The summed E-state index contributed by atoms with van der Waals surface area (Å²) in [7, 11) is 0. The molecule has 2 aromatic carbocycles. The van der Waals surface area contributed by atoms with E-state index in [1.807, 2.05) is 36.4 Å². The lowest BCUT2D eigenvalue weighted by molar-refractivity contribution is -0.144. The lowest BCUT2D eigenvalue weighted by atomic mass is 9.94. The molecule has 42 heavy (non-hydrogen) atoms. The molecule has 0 unspecified atom stereocenters. The first-order valence-electron chi connectivity index (χ1n) is 14.7. The van der Waals surface area contributed by atoms with Gasteiger partial charge in [0.25, 0.3) is 0 Å². The Hall–Kier alpha value is -4.21. The number of amides is 4. The van der Waals surface area contributed by atoms with Gasteiger partial charge in [-0.1, -0.05) is 55.5 Å². The molecule has 4 amide bonds. The van der Waals surface area contributed by atoms with Crippen LogP contribution in [0.1, 0.15) is 68.3 Å². The van der Waals surface area contributed by atoms with Crippen LogP contribution in [0.25, 0.3) is 0 Å². The smallest absolute Gasteiger partial charge is 0.338 e. The summed E-state index contributed by atoms with van der Waals surface area (Å²) in [4.78, 5) is 68.1. The molecule has 0 radical (unpaired) electrons. The molecule has 2 aliphatic rings. The molecule has 0 aromatic heterocycles. The molecule has 0 aliphatic carbocycles. The van der Waals surface area contributed by atoms with Gasteiger partial charge in [0.15, 0.2) is 0 Å². The standard InChI is InChI=1S/C32H40N4O6/c1-3-32(2)31(41)34-25(21-22-13-6-4-7-14-22)29(39)36-19-12-18-26(36)28(38)33-24(27(37)35-32)17-10-11-20-42-30(40)23-15-8-5-9-16-23/h4-9,13-16,24-26H,3,10-12,17-21H2,1-2H3,(H,33,38)(H,34,41)(H,35,37)/t24-,25-,26+,32-/m0/s1. The van der Waals surface area contributed by atoms with E-state index in [4.69, 9.17) is 4.74 Å². The van der Waals surface area contributed by atoms with Gasteiger partial charge in [0.1, 0.15) is 23.7 Å². The van der Waals surface area contributed by atoms with E-state index in [-0.39, 0.29) is 37.7 Å². The summed E-state index contributed by atoms with van der Waals surface area (Å²) in [6.07, 6.45) is 2.91. The largest absolute Gasteiger partial charge is 0.462 e. The fourth-order valence-electron chi connectivity index (χ4n) is 5.35. The minimum absolute atomic E-state index is 0.165. The van der Waals surface area contributed by atoms with Gasteiger partial charge < -0.3 is 25.6 Å². The zero-order valence-electron chi connectivity index (χ0n) is 24.3. The van der Waals surface area contributed by atoms with E-state index in [9.17, 15) is 24.0 Å². The van der Waals surface area contributed by atoms with Crippen molar-refractivity contribution in [3.05, 3.63) is 71.8 Å². The first-order chi connectivity index (χ1) is 20.2. The Kier molecular flexibility index (Phi) is 10.3. The summed E-state index contributed by atoms with van der Waals surface area (Å²) < 4.78 is 5.34. The second kappa shape index (κ2) is 14.1. The Morgan fingerprint density at radius 3 is 2.31 bits per heavy atom. The molecule has 0 saturated carbocycles. The lowest BCUT2D eigenvalue weighted by Crippen LogP contribution is -2.65. The highest BCUT2D eigenvalue weighted by molar-refractivity contribution is 5.99. The van der Waals surface area contributed by atoms with Gasteiger partial charge in [0, 0.05) is 13.0 Å². The number of carbonyl (C=O) groups excluding carboxylic acids is 5. The van der Waals surface area contributed by atoms with Crippen LogP contribution in [0.3, 0.4) is 0 Å². The quantitative estimate of drug-likeness (QED) is 0.310. The third-order valence-electron chi connectivity index (χ3n) is 8.09. The number of esters is 1. The lowest BCUT2D eigenvalue weighted by Gasteiger charge is -2.36. The maximum atomic E-state index is 13.8. The highest BCUT2D eigenvalue weighted by Gasteiger charge is 2.43. The van der Waals surface area contributed by atoms with E-state index in [0.717, 1.165) is 5.56 Å². The molecule has 2 heterocycles. The van der Waals surface area contributed by atoms with Crippen LogP contribution in [0.4, 0.5) is 0 Å². The Bertz CT molecular complexity index is 1270. The number of benzene rings is 2. The van der Waals surface area contributed by atoms with Crippen LogP contribution in [0.15, 0.2) is 60.7 Å². The van der Waals surface area contributed by atoms with E-state index in [0.29, 0.717) is 37.8 Å². The number of hydrogen-bond donors (Lipinski definition) is 3. The van der Waals surface area contributed by atoms with Gasteiger partial charge in [-0.15, -0.1) is 0 Å². The van der Waals surface area contributed by atoms with E-state index in [2.05, 4.69) is 16.0 Å². The Morgan fingerprint density at radius 1 is 0.929 bits per heavy atom. The minimum atomic E-state index is -1.30. The average Bonchev–Trinajstić information content (AvgIpc) is 3.50. The first kappa shape index (κ1) is 30.7. The van der Waals surface area contributed by atoms with Crippen molar-refractivity contribution in [3.63, 3.8) is 0 Å². The molecule has 2 aromatic rings. The molecule has 4 rings (SSSR count). The highest BCUT2D eigenvalue weighted by atomic mass is 16.5. The van der Waals surface area contributed by atoms with Crippen molar-refractivity contribution in [2.24, 2.45) is 0 Å². The summed E-state index contributed by atoms with van der Waals surface area (Å²) in [5, 5.41) is 8.60. The fourth-order valence-corrected chi connectivity index (χ4v) is 5.35. The molecule has 224 valence electrons. The fraction of sp³-hybridized carbons (Fsp3) is 0.469. The van der Waals surface area contributed by atoms with Gasteiger partial charge in [0.2, 0.25) is 23.6 Å². The Balaban J connectivity index is 1.47. The van der Waals surface area contributed by atoms with Crippen LogP contribution in [0.5, 0.6) is 0 Å². The van der Waals surface area contributed by atoms with Crippen molar-refractivity contribution < 1.29 is 28.7 Å². The number of hydrogen-bond acceptors (Lipinski definition) is 6. The maximum Gasteiger partial charge on any atom is 0.338 e. The molecule has 4 atom stereocenters. The predicted octanol–water partition coefficient (Wildman–Crippen LogP) is 2.52. The summed E-state index contributed by atoms with van der Waals surface area (Å²) in [5.74, 6) is -2.05. The van der Waals surface area contributed by atoms with Crippen molar-refractivity contribution in [1.82, 2.24) is 20.9 Å². The molecule has 0 spiro atoms. The SMILES string of the molecule is CC[C@]1(C)NC(=O)[C@H](CCCCOC(=O)c2ccccc2)NC(=O)[C@H]2CCCN2C(=O)[C@H](Cc2ccccc2)NC1=O. The molecular formula is C32H40N4O6. The van der Waals surface area contributed by atoms with Gasteiger partial charge in [-0.05, 0) is 63.1 Å². The zero-order valence-corrected chi connectivity index (χ0v) is 24.3. The number of fused-ring (bicyclic) bond motifs is 1. The molecule has 10 nitrogen and oxygen atoms in total. The van der Waals surface area contributed by atoms with Gasteiger partial charge in [-0.2, -0.15) is 0 Å². The van der Waals surface area contributed by atoms with Crippen LogP contribution in [0, 0.1) is 0 Å². The summed E-state index contributed by atoms with van der Waals surface area (Å²) in [6, 6.07) is 15.5. The molecule has 2 fully saturated rings. The molecule has 0 bridgehead atoms. The van der Waals surface area contributed by atoms with Crippen molar-refractivity contribution in [2.75, 3.05) is 13.2 Å². The zero-order chi connectivity index (χ0) is 30.1. The second-order valence-corrected chi connectivity index (χ2v) is 11.1. The van der Waals surface area contributed by atoms with Crippen molar-refractivity contribution in [3.8, 4) is 0 Å². The number of nitrogens with one attached hydrogen (secondary N) is 3. The van der Waals surface area contributed by atoms with Gasteiger partial charge in [-0.3, -0.25) is 19.2 Å². The van der Waals surface area contributed by atoms with Crippen molar-refractivity contribution >= 4 is 29.6 Å². The molecule has 10 heteroatoms. The molecule has 2 aliphatic heterocycles. The van der Waals surface area contributed by atoms with Crippen LogP contribution in [-0.2, 0) is 30.3 Å². The summed E-state index contributed by atoms with van der Waals surface area (Å²) in [6.45, 7) is 3.97. The van der Waals surface area contributed by atoms with Gasteiger partial charge >= 0.3 is 5.97 Å². The highest BCUT2D eigenvalue weighted by Crippen LogP contribution is 2.22. The number of carbonyl (C=O) groups is 5. The number of unbranched alkanes of at least 4 members (excludes halogenated alkanes) is 1. The van der Waals surface area contributed by atoms with Gasteiger partial charge in [-0.25, -0.2) is 4.79 Å². The van der Waals surface area contributed by atoms with Crippen molar-refractivity contribution in [1.29, 1.82) is 0 Å². The summed E-state index contributed by atoms with van der Waals surface area (Å²) in [5.41, 5.74) is 0.0341. The monoisotopic (exact) mass is 576 g/mol. The van der Waals surface area contributed by atoms with E-state index in [1.165, 1.54) is 4.90 Å². The molecule has 3 N–H and O–H groups in total. The number of rotatable bonds is 9. The third kappa shape index (κ3) is 7.54. The topological polar surface area (TPSA) is 134 Å². The second-order valence-electron chi connectivity index (χ2n) is 11.1. The number of ether oxygens (including phenoxy) is 1. The Morgan fingerprint density at radius 2 is 1.62 bits per heavy atom. The molecular weight excluding hydrogens is 536 g/mol. The van der Waals surface area contributed by atoms with Crippen molar-refractivity contribution in [2.45, 2.75) is 82.5 Å². The third-order valence-corrected chi connectivity index (χ3v) is 8.09. The summed E-state index contributed by atoms with van der Waals surface area (Å²) >= 11 is 0. The van der Waals surface area contributed by atoms with Crippen LogP contribution in [0.2, 0.25) is 0 Å². The van der Waals surface area contributed by atoms with E-state index in [1.54, 1.807) is 38.1 Å². The maximum absolute atomic E-state index is 13.8. The van der Waals surface area contributed by atoms with Crippen LogP contribution in [-0.4, -0.2) is 71.3 Å². The van der Waals surface area contributed by atoms with E-state index < -0.39 is 41.4 Å². The van der Waals surface area contributed by atoms with Crippen LogP contribution >= 0.6 is 0 Å². The molecule has 2 saturated heterocycles. The average molecular weight is 577 g/mol. The predicted molar refractivity (Wildman–Crippen MR) is 156 cm³/mol. The number of nitrogens with zero attached hydrogens (tertiary/aromatic N) is 1. The van der Waals surface area contributed by atoms with Crippen LogP contribution < -0.4 is 16.0 Å². The van der Waals surface area contributed by atoms with Gasteiger partial charge in [0.05, 0.1) is 12.2 Å². The Labute approximate surface area is 246 Å². The first-order valence-corrected chi connectivity index (χ1v) is 14.7. The normalized spacial score (nSPS) is 24.9. The van der Waals surface area contributed by atoms with E-state index >= 15 is 0 Å². The minimum Gasteiger partial charge on any atom is -0.462 e.